The van der Waals surface area contributed by atoms with Gasteiger partial charge in [0.1, 0.15) is 6.54 Å². The lowest BCUT2D eigenvalue weighted by Crippen LogP contribution is -2.08. The number of rotatable bonds is 4. The topological polar surface area (TPSA) is 81.2 Å². The van der Waals surface area contributed by atoms with Crippen LogP contribution in [-0.2, 0) is 12.4 Å². The standard InChI is InChI=1S/C7H10ClN3O3/c1-5-9-6(4-8)7(11(13)14)10(5)2-3-12/h12H,2-4H2,1H3. The molecular formula is C7H10ClN3O3. The van der Waals surface area contributed by atoms with E-state index in [2.05, 4.69) is 4.98 Å². The number of nitrogens with zero attached hydrogens (tertiary/aromatic N) is 3. The van der Waals surface area contributed by atoms with Crippen LogP contribution in [-0.4, -0.2) is 26.2 Å². The van der Waals surface area contributed by atoms with Crippen molar-refractivity contribution >= 4 is 17.4 Å². The first-order valence-corrected chi connectivity index (χ1v) is 4.52. The third-order valence-corrected chi connectivity index (χ3v) is 2.08. The van der Waals surface area contributed by atoms with E-state index in [1.54, 1.807) is 6.92 Å². The zero-order chi connectivity index (χ0) is 10.7. The Morgan fingerprint density at radius 1 is 1.71 bits per heavy atom. The van der Waals surface area contributed by atoms with Gasteiger partial charge in [-0.05, 0) is 4.92 Å². The Bertz CT molecular complexity index is 350. The van der Waals surface area contributed by atoms with Crippen molar-refractivity contribution in [2.24, 2.45) is 0 Å². The van der Waals surface area contributed by atoms with E-state index in [4.69, 9.17) is 16.7 Å². The molecule has 78 valence electrons. The van der Waals surface area contributed by atoms with Gasteiger partial charge in [-0.2, -0.15) is 0 Å². The molecule has 7 heteroatoms. The molecule has 1 heterocycles. The maximum absolute atomic E-state index is 10.7. The fourth-order valence-electron chi connectivity index (χ4n) is 1.28. The molecule has 0 saturated heterocycles. The van der Waals surface area contributed by atoms with Gasteiger partial charge in [0.25, 0.3) is 0 Å². The van der Waals surface area contributed by atoms with Crippen molar-refractivity contribution in [3.63, 3.8) is 0 Å². The highest BCUT2D eigenvalue weighted by Crippen LogP contribution is 2.21. The quantitative estimate of drug-likeness (QED) is 0.462. The summed E-state index contributed by atoms with van der Waals surface area (Å²) in [6, 6.07) is 0. The molecule has 0 atom stereocenters. The third kappa shape index (κ3) is 1.85. The summed E-state index contributed by atoms with van der Waals surface area (Å²) < 4.78 is 1.34. The summed E-state index contributed by atoms with van der Waals surface area (Å²) in [5.74, 6) is 0.350. The van der Waals surface area contributed by atoms with E-state index < -0.39 is 4.92 Å². The average molecular weight is 220 g/mol. The highest BCUT2D eigenvalue weighted by Gasteiger charge is 2.23. The Hall–Kier alpha value is -1.14. The number of hydrogen-bond acceptors (Lipinski definition) is 4. The largest absolute Gasteiger partial charge is 0.392 e. The smallest absolute Gasteiger partial charge is 0.347 e. The van der Waals surface area contributed by atoms with Crippen molar-refractivity contribution in [3.05, 3.63) is 21.6 Å². The maximum Gasteiger partial charge on any atom is 0.347 e. The molecule has 0 aliphatic rings. The molecule has 14 heavy (non-hydrogen) atoms. The van der Waals surface area contributed by atoms with Crippen LogP contribution in [0.3, 0.4) is 0 Å². The highest BCUT2D eigenvalue weighted by molar-refractivity contribution is 6.17. The van der Waals surface area contributed by atoms with E-state index in [1.807, 2.05) is 0 Å². The number of aliphatic hydroxyl groups excluding tert-OH is 1. The van der Waals surface area contributed by atoms with Gasteiger partial charge in [0.15, 0.2) is 11.5 Å². The van der Waals surface area contributed by atoms with Crippen molar-refractivity contribution in [3.8, 4) is 0 Å². The minimum atomic E-state index is -0.534. The van der Waals surface area contributed by atoms with Gasteiger partial charge in [0.2, 0.25) is 0 Å². The van der Waals surface area contributed by atoms with Crippen molar-refractivity contribution in [1.29, 1.82) is 0 Å². The summed E-state index contributed by atoms with van der Waals surface area (Å²) in [5, 5.41) is 19.4. The molecule has 0 aromatic carbocycles. The Morgan fingerprint density at radius 3 is 2.79 bits per heavy atom. The van der Waals surface area contributed by atoms with Crippen molar-refractivity contribution in [2.45, 2.75) is 19.3 Å². The summed E-state index contributed by atoms with van der Waals surface area (Å²) in [5.41, 5.74) is 0.239. The molecule has 0 aliphatic heterocycles. The molecule has 0 spiro atoms. The highest BCUT2D eigenvalue weighted by atomic mass is 35.5. The molecule has 0 radical (unpaired) electrons. The minimum Gasteiger partial charge on any atom is -0.392 e. The second kappa shape index (κ2) is 4.39. The van der Waals surface area contributed by atoms with Crippen molar-refractivity contribution in [1.82, 2.24) is 9.55 Å². The predicted octanol–water partition coefficient (Wildman–Crippen LogP) is 0.831. The van der Waals surface area contributed by atoms with Gasteiger partial charge in [-0.15, -0.1) is 11.6 Å². The maximum atomic E-state index is 10.7. The second-order valence-electron chi connectivity index (χ2n) is 2.70. The molecule has 0 amide bonds. The van der Waals surface area contributed by atoms with Gasteiger partial charge in [-0.1, -0.05) is 0 Å². The summed E-state index contributed by atoms with van der Waals surface area (Å²) in [7, 11) is 0. The normalized spacial score (nSPS) is 10.5. The van der Waals surface area contributed by atoms with Crippen LogP contribution in [0.25, 0.3) is 0 Å². The summed E-state index contributed by atoms with van der Waals surface area (Å²) in [4.78, 5) is 14.1. The van der Waals surface area contributed by atoms with Crippen LogP contribution in [0.5, 0.6) is 0 Å². The number of aryl methyl sites for hydroxylation is 1. The zero-order valence-electron chi connectivity index (χ0n) is 7.60. The summed E-state index contributed by atoms with van der Waals surface area (Å²) >= 11 is 5.52. The lowest BCUT2D eigenvalue weighted by molar-refractivity contribution is -0.392. The molecule has 6 nitrogen and oxygen atoms in total. The SMILES string of the molecule is Cc1nc(CCl)c([N+](=O)[O-])n1CCO. The van der Waals surface area contributed by atoms with E-state index in [9.17, 15) is 10.1 Å². The first kappa shape index (κ1) is 10.9. The second-order valence-corrected chi connectivity index (χ2v) is 2.96. The number of nitro groups is 1. The number of imidazole rings is 1. The van der Waals surface area contributed by atoms with Crippen LogP contribution in [0.4, 0.5) is 5.82 Å². The van der Waals surface area contributed by atoms with Crippen molar-refractivity contribution < 1.29 is 10.0 Å². The first-order chi connectivity index (χ1) is 6.61. The van der Waals surface area contributed by atoms with Crippen LogP contribution >= 0.6 is 11.6 Å². The van der Waals surface area contributed by atoms with Crippen LogP contribution < -0.4 is 0 Å². The molecule has 1 N–H and O–H groups in total. The average Bonchev–Trinajstić information content (AvgIpc) is 2.44. The predicted molar refractivity (Wildman–Crippen MR) is 50.3 cm³/mol. The zero-order valence-corrected chi connectivity index (χ0v) is 8.36. The van der Waals surface area contributed by atoms with E-state index in [-0.39, 0.29) is 30.5 Å². The minimum absolute atomic E-state index is 0.00438. The molecule has 0 unspecified atom stereocenters. The van der Waals surface area contributed by atoms with Gasteiger partial charge < -0.3 is 15.2 Å². The Kier molecular flexibility index (Phi) is 3.43. The molecule has 0 fully saturated rings. The molecule has 0 saturated carbocycles. The number of aromatic nitrogens is 2. The Balaban J connectivity index is 3.23. The first-order valence-electron chi connectivity index (χ1n) is 3.99. The van der Waals surface area contributed by atoms with E-state index in [0.29, 0.717) is 5.82 Å². The van der Waals surface area contributed by atoms with Gasteiger partial charge in [-0.3, -0.25) is 0 Å². The number of aliphatic hydroxyl groups is 1. The van der Waals surface area contributed by atoms with Crippen LogP contribution in [0.1, 0.15) is 11.5 Å². The monoisotopic (exact) mass is 219 g/mol. The van der Waals surface area contributed by atoms with E-state index in [0.717, 1.165) is 0 Å². The Morgan fingerprint density at radius 2 is 2.36 bits per heavy atom. The molecule has 1 aromatic rings. The summed E-state index contributed by atoms with van der Waals surface area (Å²) in [6.07, 6.45) is 0. The lowest BCUT2D eigenvalue weighted by atomic mass is 10.5. The van der Waals surface area contributed by atoms with Crippen LogP contribution in [0, 0.1) is 17.0 Å². The number of hydrogen-bond donors (Lipinski definition) is 1. The molecule has 0 bridgehead atoms. The van der Waals surface area contributed by atoms with E-state index >= 15 is 0 Å². The van der Waals surface area contributed by atoms with Crippen molar-refractivity contribution in [2.75, 3.05) is 6.61 Å². The third-order valence-electron chi connectivity index (χ3n) is 1.82. The van der Waals surface area contributed by atoms with Gasteiger partial charge in [-0.25, -0.2) is 9.55 Å². The summed E-state index contributed by atoms with van der Waals surface area (Å²) in [6.45, 7) is 1.63. The van der Waals surface area contributed by atoms with Gasteiger partial charge >= 0.3 is 5.82 Å². The fraction of sp³-hybridized carbons (Fsp3) is 0.571. The van der Waals surface area contributed by atoms with Gasteiger partial charge in [0.05, 0.1) is 12.5 Å². The van der Waals surface area contributed by atoms with Crippen LogP contribution in [0.15, 0.2) is 0 Å². The molecular weight excluding hydrogens is 210 g/mol. The fourth-order valence-corrected chi connectivity index (χ4v) is 1.46. The Labute approximate surface area is 85.3 Å². The van der Waals surface area contributed by atoms with E-state index in [1.165, 1.54) is 4.57 Å². The molecule has 1 aromatic heterocycles. The molecule has 1 rings (SSSR count). The lowest BCUT2D eigenvalue weighted by Gasteiger charge is -2.00. The van der Waals surface area contributed by atoms with Crippen LogP contribution in [0.2, 0.25) is 0 Å². The van der Waals surface area contributed by atoms with Gasteiger partial charge in [0, 0.05) is 6.92 Å². The molecule has 0 aliphatic carbocycles. The number of halogens is 1. The number of alkyl halides is 1.